The van der Waals surface area contributed by atoms with Crippen LogP contribution >= 0.6 is 0 Å². The van der Waals surface area contributed by atoms with E-state index in [1.54, 1.807) is 36.2 Å². The summed E-state index contributed by atoms with van der Waals surface area (Å²) < 4.78 is 0. The molecule has 0 aromatic heterocycles. The summed E-state index contributed by atoms with van der Waals surface area (Å²) in [5.41, 5.74) is 6.87. The van der Waals surface area contributed by atoms with Crippen molar-refractivity contribution in [1.82, 2.24) is 10.2 Å². The number of nitrogen functional groups attached to an aromatic ring is 1. The molecule has 4 N–H and O–H groups in total. The van der Waals surface area contributed by atoms with Crippen LogP contribution in [0, 0.1) is 0 Å². The van der Waals surface area contributed by atoms with E-state index >= 15 is 0 Å². The second-order valence-corrected chi connectivity index (χ2v) is 4.52. The van der Waals surface area contributed by atoms with Gasteiger partial charge in [-0.3, -0.25) is 4.79 Å². The number of likely N-dealkylation sites (tertiary alicyclic amines) is 1. The standard InChI is InChI=1S/C13H18N4O2/c1-15-12(18)11-6-3-7-17(11)13(19)16-10-5-2-4-9(14)8-10/h2,4-5,8,11H,3,6-7,14H2,1H3,(H,15,18)(H,16,19). The fourth-order valence-corrected chi connectivity index (χ4v) is 2.26. The summed E-state index contributed by atoms with van der Waals surface area (Å²) in [4.78, 5) is 25.4. The number of rotatable bonds is 2. The highest BCUT2D eigenvalue weighted by molar-refractivity contribution is 5.94. The van der Waals surface area contributed by atoms with E-state index in [1.807, 2.05) is 0 Å². The van der Waals surface area contributed by atoms with Crippen molar-refractivity contribution in [2.75, 3.05) is 24.6 Å². The van der Waals surface area contributed by atoms with E-state index in [4.69, 9.17) is 5.73 Å². The first-order valence-electron chi connectivity index (χ1n) is 6.26. The molecule has 0 spiro atoms. The van der Waals surface area contributed by atoms with Crippen molar-refractivity contribution in [2.24, 2.45) is 0 Å². The molecule has 19 heavy (non-hydrogen) atoms. The van der Waals surface area contributed by atoms with Gasteiger partial charge in [-0.05, 0) is 31.0 Å². The molecule has 1 atom stereocenters. The van der Waals surface area contributed by atoms with Crippen LogP contribution in [0.25, 0.3) is 0 Å². The molecule has 3 amide bonds. The Morgan fingerprint density at radius 2 is 2.21 bits per heavy atom. The van der Waals surface area contributed by atoms with Crippen molar-refractivity contribution in [1.29, 1.82) is 0 Å². The number of urea groups is 1. The van der Waals surface area contributed by atoms with Crippen molar-refractivity contribution < 1.29 is 9.59 Å². The molecular formula is C13H18N4O2. The molecule has 0 aliphatic carbocycles. The van der Waals surface area contributed by atoms with Crippen LogP contribution in [0.3, 0.4) is 0 Å². The maximum absolute atomic E-state index is 12.2. The van der Waals surface area contributed by atoms with Crippen LogP contribution in [0.15, 0.2) is 24.3 Å². The Bertz CT molecular complexity index is 489. The van der Waals surface area contributed by atoms with E-state index in [-0.39, 0.29) is 18.0 Å². The molecule has 0 radical (unpaired) electrons. The zero-order valence-corrected chi connectivity index (χ0v) is 10.8. The number of likely N-dealkylation sites (N-methyl/N-ethyl adjacent to an activating group) is 1. The number of anilines is 2. The highest BCUT2D eigenvalue weighted by Gasteiger charge is 2.33. The molecule has 6 nitrogen and oxygen atoms in total. The van der Waals surface area contributed by atoms with Crippen molar-refractivity contribution in [3.63, 3.8) is 0 Å². The smallest absolute Gasteiger partial charge is 0.322 e. The van der Waals surface area contributed by atoms with Crippen LogP contribution in [0.4, 0.5) is 16.2 Å². The largest absolute Gasteiger partial charge is 0.399 e. The average Bonchev–Trinajstić information content (AvgIpc) is 2.87. The van der Waals surface area contributed by atoms with Crippen molar-refractivity contribution in [2.45, 2.75) is 18.9 Å². The Labute approximate surface area is 112 Å². The first-order chi connectivity index (χ1) is 9.11. The minimum atomic E-state index is -0.383. The third-order valence-electron chi connectivity index (χ3n) is 3.20. The van der Waals surface area contributed by atoms with Gasteiger partial charge in [0.25, 0.3) is 0 Å². The molecule has 1 saturated heterocycles. The molecule has 1 aromatic rings. The molecule has 1 aliphatic rings. The van der Waals surface area contributed by atoms with Crippen LogP contribution in [0.1, 0.15) is 12.8 Å². The number of hydrogen-bond acceptors (Lipinski definition) is 3. The zero-order chi connectivity index (χ0) is 13.8. The van der Waals surface area contributed by atoms with E-state index in [0.29, 0.717) is 24.3 Å². The predicted molar refractivity (Wildman–Crippen MR) is 73.7 cm³/mol. The fourth-order valence-electron chi connectivity index (χ4n) is 2.26. The third kappa shape index (κ3) is 2.96. The van der Waals surface area contributed by atoms with E-state index in [1.165, 1.54) is 0 Å². The summed E-state index contributed by atoms with van der Waals surface area (Å²) >= 11 is 0. The van der Waals surface area contributed by atoms with Gasteiger partial charge >= 0.3 is 6.03 Å². The monoisotopic (exact) mass is 262 g/mol. The molecule has 6 heteroatoms. The second-order valence-electron chi connectivity index (χ2n) is 4.52. The molecule has 1 unspecified atom stereocenters. The molecule has 1 aromatic carbocycles. The summed E-state index contributed by atoms with van der Waals surface area (Å²) in [6.45, 7) is 0.590. The summed E-state index contributed by atoms with van der Waals surface area (Å²) in [6.07, 6.45) is 1.53. The normalized spacial score (nSPS) is 18.2. The predicted octanol–water partition coefficient (Wildman–Crippen LogP) is 1.01. The van der Waals surface area contributed by atoms with Gasteiger partial charge in [-0.15, -0.1) is 0 Å². The minimum Gasteiger partial charge on any atom is -0.399 e. The minimum absolute atomic E-state index is 0.125. The van der Waals surface area contributed by atoms with Gasteiger partial charge in [0.15, 0.2) is 0 Å². The lowest BCUT2D eigenvalue weighted by atomic mass is 10.2. The van der Waals surface area contributed by atoms with Gasteiger partial charge in [0.2, 0.25) is 5.91 Å². The quantitative estimate of drug-likeness (QED) is 0.695. The van der Waals surface area contributed by atoms with Gasteiger partial charge in [-0.25, -0.2) is 4.79 Å². The molecule has 1 fully saturated rings. The van der Waals surface area contributed by atoms with Gasteiger partial charge < -0.3 is 21.3 Å². The first kappa shape index (κ1) is 13.2. The number of nitrogens with zero attached hydrogens (tertiary/aromatic N) is 1. The van der Waals surface area contributed by atoms with Crippen molar-refractivity contribution in [3.8, 4) is 0 Å². The van der Waals surface area contributed by atoms with E-state index < -0.39 is 0 Å². The lowest BCUT2D eigenvalue weighted by Crippen LogP contribution is -2.46. The summed E-state index contributed by atoms with van der Waals surface area (Å²) in [5.74, 6) is -0.125. The zero-order valence-electron chi connectivity index (χ0n) is 10.8. The number of carbonyl (C=O) groups is 2. The Morgan fingerprint density at radius 1 is 1.42 bits per heavy atom. The number of benzene rings is 1. The lowest BCUT2D eigenvalue weighted by molar-refractivity contribution is -0.124. The molecule has 1 aliphatic heterocycles. The van der Waals surface area contributed by atoms with Crippen LogP contribution in [-0.2, 0) is 4.79 Å². The van der Waals surface area contributed by atoms with E-state index in [0.717, 1.165) is 6.42 Å². The SMILES string of the molecule is CNC(=O)C1CCCN1C(=O)Nc1cccc(N)c1. The fraction of sp³-hybridized carbons (Fsp3) is 0.385. The Hall–Kier alpha value is -2.24. The van der Waals surface area contributed by atoms with E-state index in [2.05, 4.69) is 10.6 Å². The number of carbonyl (C=O) groups excluding carboxylic acids is 2. The number of nitrogens with one attached hydrogen (secondary N) is 2. The van der Waals surface area contributed by atoms with Crippen LogP contribution in [-0.4, -0.2) is 36.5 Å². The summed E-state index contributed by atoms with van der Waals surface area (Å²) in [7, 11) is 1.58. The second kappa shape index (κ2) is 5.60. The molecular weight excluding hydrogens is 244 g/mol. The van der Waals surface area contributed by atoms with Crippen LogP contribution in [0.5, 0.6) is 0 Å². The van der Waals surface area contributed by atoms with Crippen molar-refractivity contribution in [3.05, 3.63) is 24.3 Å². The lowest BCUT2D eigenvalue weighted by Gasteiger charge is -2.23. The third-order valence-corrected chi connectivity index (χ3v) is 3.20. The number of hydrogen-bond donors (Lipinski definition) is 3. The van der Waals surface area contributed by atoms with Gasteiger partial charge in [0.05, 0.1) is 0 Å². The molecule has 2 rings (SSSR count). The summed E-state index contributed by atoms with van der Waals surface area (Å²) in [6, 6.07) is 6.31. The van der Waals surface area contributed by atoms with Gasteiger partial charge in [0, 0.05) is 25.0 Å². The maximum atomic E-state index is 12.2. The Kier molecular flexibility index (Phi) is 3.89. The Morgan fingerprint density at radius 3 is 2.89 bits per heavy atom. The first-order valence-corrected chi connectivity index (χ1v) is 6.26. The highest BCUT2D eigenvalue weighted by atomic mass is 16.2. The van der Waals surface area contributed by atoms with Crippen molar-refractivity contribution >= 4 is 23.3 Å². The Balaban J connectivity index is 2.05. The maximum Gasteiger partial charge on any atom is 0.322 e. The topological polar surface area (TPSA) is 87.5 Å². The number of nitrogens with two attached hydrogens (primary N) is 1. The number of amides is 3. The molecule has 1 heterocycles. The summed E-state index contributed by atoms with van der Waals surface area (Å²) in [5, 5.41) is 5.34. The van der Waals surface area contributed by atoms with Crippen LogP contribution in [0.2, 0.25) is 0 Å². The average molecular weight is 262 g/mol. The highest BCUT2D eigenvalue weighted by Crippen LogP contribution is 2.19. The van der Waals surface area contributed by atoms with Gasteiger partial charge in [0.1, 0.15) is 6.04 Å². The molecule has 102 valence electrons. The van der Waals surface area contributed by atoms with E-state index in [9.17, 15) is 9.59 Å². The van der Waals surface area contributed by atoms with Gasteiger partial charge in [-0.1, -0.05) is 6.07 Å². The van der Waals surface area contributed by atoms with Crippen LogP contribution < -0.4 is 16.4 Å². The molecule has 0 saturated carbocycles. The molecule has 0 bridgehead atoms. The van der Waals surface area contributed by atoms with Gasteiger partial charge in [-0.2, -0.15) is 0 Å².